The molecular formula is C12H23N3. The van der Waals surface area contributed by atoms with Crippen molar-refractivity contribution in [3.05, 3.63) is 0 Å². The van der Waals surface area contributed by atoms with Crippen LogP contribution in [0.25, 0.3) is 0 Å². The molecule has 3 atom stereocenters. The van der Waals surface area contributed by atoms with Gasteiger partial charge in [0.1, 0.15) is 5.54 Å². The highest BCUT2D eigenvalue weighted by Gasteiger charge is 2.31. The van der Waals surface area contributed by atoms with Crippen molar-refractivity contribution in [1.82, 2.24) is 10.2 Å². The summed E-state index contributed by atoms with van der Waals surface area (Å²) in [5.74, 6) is 0. The molecule has 1 fully saturated rings. The van der Waals surface area contributed by atoms with Crippen LogP contribution in [-0.4, -0.2) is 36.1 Å². The van der Waals surface area contributed by atoms with Crippen molar-refractivity contribution in [2.45, 2.75) is 57.7 Å². The zero-order valence-electron chi connectivity index (χ0n) is 10.4. The lowest BCUT2D eigenvalue weighted by molar-refractivity contribution is 0.173. The van der Waals surface area contributed by atoms with E-state index in [1.54, 1.807) is 0 Å². The molecule has 0 aromatic heterocycles. The summed E-state index contributed by atoms with van der Waals surface area (Å²) >= 11 is 0. The van der Waals surface area contributed by atoms with Crippen LogP contribution in [0.4, 0.5) is 0 Å². The number of nitriles is 1. The van der Waals surface area contributed by atoms with Crippen LogP contribution < -0.4 is 5.32 Å². The maximum atomic E-state index is 9.11. The van der Waals surface area contributed by atoms with E-state index in [1.807, 2.05) is 14.0 Å². The molecule has 0 aromatic rings. The lowest BCUT2D eigenvalue weighted by Gasteiger charge is -2.33. The van der Waals surface area contributed by atoms with Crippen LogP contribution in [0.3, 0.4) is 0 Å². The van der Waals surface area contributed by atoms with Crippen LogP contribution in [0.15, 0.2) is 0 Å². The molecule has 1 aliphatic heterocycles. The molecular weight excluding hydrogens is 186 g/mol. The summed E-state index contributed by atoms with van der Waals surface area (Å²) in [4.78, 5) is 2.52. The fourth-order valence-corrected chi connectivity index (χ4v) is 2.52. The van der Waals surface area contributed by atoms with Gasteiger partial charge in [-0.2, -0.15) is 5.26 Å². The summed E-state index contributed by atoms with van der Waals surface area (Å²) in [6, 6.07) is 3.53. The second kappa shape index (κ2) is 4.96. The van der Waals surface area contributed by atoms with Crippen LogP contribution in [0.2, 0.25) is 0 Å². The summed E-state index contributed by atoms with van der Waals surface area (Å²) in [6.45, 7) is 7.68. The highest BCUT2D eigenvalue weighted by Crippen LogP contribution is 2.23. The predicted molar refractivity (Wildman–Crippen MR) is 62.6 cm³/mol. The Morgan fingerprint density at radius 2 is 2.33 bits per heavy atom. The number of nitrogens with zero attached hydrogens (tertiary/aromatic N) is 2. The SMILES string of the molecule is CNC(C)(C#N)CC(C)N1CCCC1C. The van der Waals surface area contributed by atoms with Gasteiger partial charge in [0.05, 0.1) is 6.07 Å². The number of rotatable bonds is 4. The average molecular weight is 209 g/mol. The van der Waals surface area contributed by atoms with Crippen molar-refractivity contribution in [3.8, 4) is 6.07 Å². The van der Waals surface area contributed by atoms with Gasteiger partial charge >= 0.3 is 0 Å². The third kappa shape index (κ3) is 2.93. The Kier molecular flexibility index (Phi) is 4.12. The zero-order valence-corrected chi connectivity index (χ0v) is 10.4. The van der Waals surface area contributed by atoms with Crippen LogP contribution >= 0.6 is 0 Å². The highest BCUT2D eigenvalue weighted by atomic mass is 15.2. The number of likely N-dealkylation sites (tertiary alicyclic amines) is 1. The number of hydrogen-bond donors (Lipinski definition) is 1. The van der Waals surface area contributed by atoms with Gasteiger partial charge in [-0.05, 0) is 53.6 Å². The summed E-state index contributed by atoms with van der Waals surface area (Å²) in [5.41, 5.74) is -0.387. The highest BCUT2D eigenvalue weighted by molar-refractivity contribution is 5.05. The predicted octanol–water partition coefficient (Wildman–Crippen LogP) is 1.75. The number of hydrogen-bond acceptors (Lipinski definition) is 3. The average Bonchev–Trinajstić information content (AvgIpc) is 2.64. The Bertz CT molecular complexity index is 246. The summed E-state index contributed by atoms with van der Waals surface area (Å²) < 4.78 is 0. The van der Waals surface area contributed by atoms with Gasteiger partial charge in [0, 0.05) is 12.1 Å². The molecule has 0 aliphatic carbocycles. The monoisotopic (exact) mass is 209 g/mol. The molecule has 3 heteroatoms. The van der Waals surface area contributed by atoms with Crippen molar-refractivity contribution in [1.29, 1.82) is 5.26 Å². The molecule has 3 nitrogen and oxygen atoms in total. The molecule has 3 unspecified atom stereocenters. The van der Waals surface area contributed by atoms with E-state index in [4.69, 9.17) is 5.26 Å². The van der Waals surface area contributed by atoms with E-state index >= 15 is 0 Å². The van der Waals surface area contributed by atoms with Crippen LogP contribution in [0.5, 0.6) is 0 Å². The smallest absolute Gasteiger partial charge is 0.105 e. The Morgan fingerprint density at radius 1 is 1.67 bits per heavy atom. The first-order valence-corrected chi connectivity index (χ1v) is 5.88. The van der Waals surface area contributed by atoms with E-state index in [0.717, 1.165) is 6.42 Å². The standard InChI is InChI=1S/C12H23N3/c1-10-6-5-7-15(10)11(2)8-12(3,9-13)14-4/h10-11,14H,5-8H2,1-4H3. The van der Waals surface area contributed by atoms with Crippen molar-refractivity contribution >= 4 is 0 Å². The molecule has 1 aliphatic rings. The van der Waals surface area contributed by atoms with Gasteiger partial charge in [-0.25, -0.2) is 0 Å². The first-order chi connectivity index (χ1) is 7.02. The Hall–Kier alpha value is -0.590. The summed E-state index contributed by atoms with van der Waals surface area (Å²) in [7, 11) is 1.86. The molecule has 1 N–H and O–H groups in total. The second-order valence-corrected chi connectivity index (χ2v) is 4.98. The zero-order chi connectivity index (χ0) is 11.5. The second-order valence-electron chi connectivity index (χ2n) is 4.98. The van der Waals surface area contributed by atoms with Crippen LogP contribution in [0, 0.1) is 11.3 Å². The summed E-state index contributed by atoms with van der Waals surface area (Å²) in [5, 5.41) is 12.2. The van der Waals surface area contributed by atoms with Gasteiger partial charge in [-0.3, -0.25) is 4.90 Å². The van der Waals surface area contributed by atoms with Crippen LogP contribution in [-0.2, 0) is 0 Å². The van der Waals surface area contributed by atoms with Gasteiger partial charge in [0.15, 0.2) is 0 Å². The molecule has 0 bridgehead atoms. The van der Waals surface area contributed by atoms with E-state index in [1.165, 1.54) is 19.4 Å². The molecule has 86 valence electrons. The Morgan fingerprint density at radius 3 is 2.73 bits per heavy atom. The largest absolute Gasteiger partial charge is 0.303 e. The molecule has 0 amide bonds. The van der Waals surface area contributed by atoms with E-state index in [-0.39, 0.29) is 5.54 Å². The normalized spacial score (nSPS) is 28.3. The lowest BCUT2D eigenvalue weighted by atomic mass is 9.94. The molecule has 1 rings (SSSR count). The van der Waals surface area contributed by atoms with Gasteiger partial charge in [0.2, 0.25) is 0 Å². The topological polar surface area (TPSA) is 39.1 Å². The van der Waals surface area contributed by atoms with Crippen molar-refractivity contribution in [2.24, 2.45) is 0 Å². The third-order valence-corrected chi connectivity index (χ3v) is 3.67. The van der Waals surface area contributed by atoms with E-state index < -0.39 is 0 Å². The maximum absolute atomic E-state index is 9.11. The van der Waals surface area contributed by atoms with Gasteiger partial charge < -0.3 is 5.32 Å². The van der Waals surface area contributed by atoms with Crippen molar-refractivity contribution < 1.29 is 0 Å². The molecule has 15 heavy (non-hydrogen) atoms. The quantitative estimate of drug-likeness (QED) is 0.766. The minimum atomic E-state index is -0.387. The number of nitrogens with one attached hydrogen (secondary N) is 1. The van der Waals surface area contributed by atoms with Gasteiger partial charge in [0.25, 0.3) is 0 Å². The van der Waals surface area contributed by atoms with E-state index in [0.29, 0.717) is 12.1 Å². The Labute approximate surface area is 93.5 Å². The van der Waals surface area contributed by atoms with E-state index in [2.05, 4.69) is 30.1 Å². The van der Waals surface area contributed by atoms with E-state index in [9.17, 15) is 0 Å². The fraction of sp³-hybridized carbons (Fsp3) is 0.917. The molecule has 1 heterocycles. The maximum Gasteiger partial charge on any atom is 0.105 e. The minimum Gasteiger partial charge on any atom is -0.303 e. The molecule has 0 radical (unpaired) electrons. The Balaban J connectivity index is 2.55. The molecule has 0 spiro atoms. The molecule has 0 aromatic carbocycles. The molecule has 0 saturated carbocycles. The van der Waals surface area contributed by atoms with Gasteiger partial charge in [-0.1, -0.05) is 0 Å². The first kappa shape index (κ1) is 12.5. The fourth-order valence-electron chi connectivity index (χ4n) is 2.52. The lowest BCUT2D eigenvalue weighted by Crippen LogP contribution is -2.46. The van der Waals surface area contributed by atoms with Crippen molar-refractivity contribution in [3.63, 3.8) is 0 Å². The third-order valence-electron chi connectivity index (χ3n) is 3.67. The first-order valence-electron chi connectivity index (χ1n) is 5.88. The van der Waals surface area contributed by atoms with Crippen molar-refractivity contribution in [2.75, 3.05) is 13.6 Å². The van der Waals surface area contributed by atoms with Gasteiger partial charge in [-0.15, -0.1) is 0 Å². The minimum absolute atomic E-state index is 0.387. The van der Waals surface area contributed by atoms with Crippen LogP contribution in [0.1, 0.15) is 40.0 Å². The summed E-state index contributed by atoms with van der Waals surface area (Å²) in [6.07, 6.45) is 3.49. The molecule has 1 saturated heterocycles.